The summed E-state index contributed by atoms with van der Waals surface area (Å²) in [6.07, 6.45) is -22.4. The number of rotatable bonds is 7. The summed E-state index contributed by atoms with van der Waals surface area (Å²) >= 11 is 0. The fourth-order valence-electron chi connectivity index (χ4n) is 18.0. The van der Waals surface area contributed by atoms with Gasteiger partial charge in [-0.3, -0.25) is 0 Å². The van der Waals surface area contributed by atoms with Crippen molar-refractivity contribution in [3.8, 4) is 67.3 Å². The third-order valence-corrected chi connectivity index (χ3v) is 23.5. The Balaban J connectivity index is 0.000000135. The van der Waals surface area contributed by atoms with E-state index in [0.29, 0.717) is 33.2 Å². The molecule has 0 spiro atoms. The van der Waals surface area contributed by atoms with E-state index in [1.54, 1.807) is 44.2 Å². The highest BCUT2D eigenvalue weighted by Gasteiger charge is 2.48. The molecule has 0 saturated heterocycles. The molecule has 0 atom stereocenters. The van der Waals surface area contributed by atoms with Gasteiger partial charge in [0, 0.05) is 54.2 Å². The molecule has 0 saturated carbocycles. The Kier molecular flexibility index (Phi) is 20.4. The third-order valence-electron chi connectivity index (χ3n) is 23.5. The lowest BCUT2D eigenvalue weighted by Crippen LogP contribution is -2.19. The van der Waals surface area contributed by atoms with Crippen molar-refractivity contribution in [1.82, 2.24) is 18.3 Å². The second-order valence-corrected chi connectivity index (χ2v) is 31.4. The summed E-state index contributed by atoms with van der Waals surface area (Å²) in [5.74, 6) is -35.4. The molecule has 0 fully saturated rings. The monoisotopic (exact) mass is 1810 g/mol. The largest absolute Gasteiger partial charge is 0.418 e. The first kappa shape index (κ1) is 86.4. The maximum atomic E-state index is 14.9. The van der Waals surface area contributed by atoms with E-state index in [0.717, 1.165) is 75.1 Å². The van der Waals surface area contributed by atoms with E-state index < -0.39 is 179 Å². The highest BCUT2D eigenvalue weighted by atomic mass is 19.4. The minimum absolute atomic E-state index is 0.0224. The molecule has 19 aromatic rings. The van der Waals surface area contributed by atoms with Crippen LogP contribution >= 0.6 is 0 Å². The van der Waals surface area contributed by atoms with Gasteiger partial charge < -0.3 is 18.3 Å². The number of hydrogen-bond acceptors (Lipinski definition) is 0. The van der Waals surface area contributed by atoms with Crippen LogP contribution < -0.4 is 0 Å². The maximum absolute atomic E-state index is 14.9. The van der Waals surface area contributed by atoms with Crippen LogP contribution in [0.25, 0.3) is 154 Å². The average Bonchev–Trinajstić information content (AvgIpc) is 1.57. The standard InChI is InChI=1S/C38H17F11N2.C35H18F11N.C26H16F5N/c39-31-30(32(40)34(42)35(43)33(31)41)18-15-24(37(44,45)46)36(25(16-18)38(47,48)49)51-28-12-6-3-9-22(28)23-17-19(13-14-29(23)51)50-26-10-4-1-7-20(26)21-8-2-5-11-27(21)50;1-33(2)20-9-5-3-7-16(20)18-13-19-17-8-4-6-10-24(17)47(25(19)14-21(18)33)32-22(34(41,42)43)11-15(12-23(32)35(44,45)46)26-27(36)29(38)31(40)30(39)28(26)37;1-13-11-15(20-21(27)23(29)25(31)24(30)22(20)28)12-14(2)26(13)32-18-9-5-3-7-16(18)17-8-4-6-10-19(17)32/h1-17H;3-14H,1-2H3;3-12H,1-2H3. The zero-order valence-electron chi connectivity index (χ0n) is 66.5. The summed E-state index contributed by atoms with van der Waals surface area (Å²) in [5, 5.41) is 5.12. The summed E-state index contributed by atoms with van der Waals surface area (Å²) in [6, 6.07) is 60.3. The van der Waals surface area contributed by atoms with Gasteiger partial charge in [-0.15, -0.1) is 0 Å². The summed E-state index contributed by atoms with van der Waals surface area (Å²) in [7, 11) is 0. The molecule has 130 heavy (non-hydrogen) atoms. The lowest BCUT2D eigenvalue weighted by molar-refractivity contribution is -0.144. The van der Waals surface area contributed by atoms with E-state index in [-0.39, 0.29) is 62.7 Å². The van der Waals surface area contributed by atoms with Crippen LogP contribution in [0, 0.1) is 101 Å². The highest BCUT2D eigenvalue weighted by Crippen LogP contribution is 2.55. The Hall–Kier alpha value is -14.4. The Labute approximate surface area is 714 Å². The van der Waals surface area contributed by atoms with E-state index in [1.165, 1.54) is 60.7 Å². The van der Waals surface area contributed by atoms with Crippen molar-refractivity contribution in [3.05, 3.63) is 368 Å². The predicted molar refractivity (Wildman–Crippen MR) is 439 cm³/mol. The van der Waals surface area contributed by atoms with Crippen LogP contribution in [0.5, 0.6) is 0 Å². The first-order valence-corrected chi connectivity index (χ1v) is 38.9. The van der Waals surface area contributed by atoms with Crippen LogP contribution in [0.15, 0.2) is 237 Å². The van der Waals surface area contributed by atoms with Gasteiger partial charge in [-0.25, -0.2) is 65.9 Å². The lowest BCUT2D eigenvalue weighted by atomic mass is 9.82. The third kappa shape index (κ3) is 13.4. The second-order valence-electron chi connectivity index (χ2n) is 31.4. The van der Waals surface area contributed by atoms with Gasteiger partial charge in [0.2, 0.25) is 17.5 Å². The first-order chi connectivity index (χ1) is 61.4. The molecular formula is C99H51F27N4. The van der Waals surface area contributed by atoms with E-state index in [1.807, 2.05) is 140 Å². The Bertz CT molecular complexity index is 7760. The molecule has 0 aliphatic heterocycles. The molecule has 4 aromatic heterocycles. The molecule has 0 unspecified atom stereocenters. The van der Waals surface area contributed by atoms with Crippen molar-refractivity contribution >= 4 is 87.2 Å². The lowest BCUT2D eigenvalue weighted by Gasteiger charge is -2.24. The molecule has 0 amide bonds. The highest BCUT2D eigenvalue weighted by molar-refractivity contribution is 6.15. The molecule has 4 nitrogen and oxygen atoms in total. The summed E-state index contributed by atoms with van der Waals surface area (Å²) in [5.41, 5.74) is -10.5. The number of aryl methyl sites for hydroxylation is 2. The van der Waals surface area contributed by atoms with Gasteiger partial charge in [-0.1, -0.05) is 147 Å². The number of hydrogen-bond donors (Lipinski definition) is 0. The van der Waals surface area contributed by atoms with Crippen molar-refractivity contribution in [2.24, 2.45) is 0 Å². The van der Waals surface area contributed by atoms with Crippen LogP contribution in [-0.2, 0) is 30.1 Å². The minimum atomic E-state index is -5.62. The Morgan fingerprint density at radius 3 is 0.800 bits per heavy atom. The van der Waals surface area contributed by atoms with Crippen molar-refractivity contribution in [3.63, 3.8) is 0 Å². The van der Waals surface area contributed by atoms with E-state index in [2.05, 4.69) is 4.57 Å². The van der Waals surface area contributed by atoms with Gasteiger partial charge in [0.1, 0.15) is 0 Å². The van der Waals surface area contributed by atoms with Gasteiger partial charge in [0.05, 0.1) is 100 Å². The first-order valence-electron chi connectivity index (χ1n) is 38.9. The van der Waals surface area contributed by atoms with E-state index in [9.17, 15) is 119 Å². The van der Waals surface area contributed by atoms with Crippen molar-refractivity contribution in [2.75, 3.05) is 0 Å². The average molecular weight is 1810 g/mol. The molecule has 1 aliphatic carbocycles. The molecule has 4 heterocycles. The van der Waals surface area contributed by atoms with Crippen LogP contribution in [0.2, 0.25) is 0 Å². The number of alkyl halides is 12. The number of para-hydroxylation sites is 6. The number of fused-ring (bicyclic) bond motifs is 15. The van der Waals surface area contributed by atoms with Crippen LogP contribution in [0.3, 0.4) is 0 Å². The number of halogens is 27. The van der Waals surface area contributed by atoms with Crippen molar-refractivity contribution in [1.29, 1.82) is 0 Å². The van der Waals surface area contributed by atoms with Gasteiger partial charge in [0.15, 0.2) is 69.8 Å². The molecule has 15 aromatic carbocycles. The van der Waals surface area contributed by atoms with E-state index >= 15 is 0 Å². The Morgan fingerprint density at radius 1 is 0.215 bits per heavy atom. The molecular weight excluding hydrogens is 1760 g/mol. The quantitative estimate of drug-likeness (QED) is 0.0861. The molecule has 0 N–H and O–H groups in total. The predicted octanol–water partition coefficient (Wildman–Crippen LogP) is 31.5. The van der Waals surface area contributed by atoms with Gasteiger partial charge >= 0.3 is 24.7 Å². The molecule has 0 bridgehead atoms. The summed E-state index contributed by atoms with van der Waals surface area (Å²) < 4.78 is 397. The zero-order chi connectivity index (χ0) is 92.8. The fourth-order valence-corrected chi connectivity index (χ4v) is 18.0. The summed E-state index contributed by atoms with van der Waals surface area (Å²) in [4.78, 5) is 0. The van der Waals surface area contributed by atoms with Crippen molar-refractivity contribution < 1.29 is 119 Å². The molecule has 20 rings (SSSR count). The van der Waals surface area contributed by atoms with E-state index in [4.69, 9.17) is 0 Å². The minimum Gasteiger partial charge on any atom is -0.309 e. The number of aromatic nitrogens is 4. The Morgan fingerprint density at radius 2 is 0.469 bits per heavy atom. The topological polar surface area (TPSA) is 19.7 Å². The number of benzene rings is 15. The molecule has 656 valence electrons. The van der Waals surface area contributed by atoms with Gasteiger partial charge in [0.25, 0.3) is 0 Å². The maximum Gasteiger partial charge on any atom is 0.418 e. The zero-order valence-corrected chi connectivity index (χ0v) is 66.5. The molecule has 0 radical (unpaired) electrons. The smallest absolute Gasteiger partial charge is 0.309 e. The fraction of sp³-hybridized carbons (Fsp3) is 0.0909. The SMILES string of the molecule is CC1(C)c2ccccc2-c2cc3c4ccccc4n(-c4c(C(F)(F)F)cc(-c5c(F)c(F)c(F)c(F)c5F)cc4C(F)(F)F)c3cc21.Cc1cc(-c2c(F)c(F)c(F)c(F)c2F)cc(C)c1-n1c2ccccc2c2ccccc21.Fc1c(F)c(F)c(-c2cc(C(F)(F)F)c(-n3c4ccccc4c4cc(-n5c6ccccc6c6ccccc65)ccc43)c(C(F)(F)F)c2)c(F)c1F. The van der Waals surface area contributed by atoms with Crippen LogP contribution in [0.1, 0.15) is 58.4 Å². The van der Waals surface area contributed by atoms with Crippen LogP contribution in [-0.4, -0.2) is 18.3 Å². The normalized spacial score (nSPS) is 12.9. The van der Waals surface area contributed by atoms with Gasteiger partial charge in [-0.2, -0.15) is 52.7 Å². The van der Waals surface area contributed by atoms with Crippen molar-refractivity contribution in [2.45, 2.75) is 57.8 Å². The molecule has 1 aliphatic rings. The number of nitrogens with zero attached hydrogens (tertiary/aromatic N) is 4. The second kappa shape index (κ2) is 30.7. The van der Waals surface area contributed by atoms with Gasteiger partial charge in [-0.05, 0) is 167 Å². The van der Waals surface area contributed by atoms with Crippen LogP contribution in [0.4, 0.5) is 119 Å². The summed E-state index contributed by atoms with van der Waals surface area (Å²) in [6.45, 7) is 7.25. The molecule has 31 heteroatoms.